The van der Waals surface area contributed by atoms with Crippen molar-refractivity contribution in [1.82, 2.24) is 14.6 Å². The van der Waals surface area contributed by atoms with Crippen molar-refractivity contribution >= 4 is 41.9 Å². The molecule has 5 atom stereocenters. The zero-order chi connectivity index (χ0) is 32.6. The van der Waals surface area contributed by atoms with Crippen LogP contribution >= 0.6 is 19.3 Å². The van der Waals surface area contributed by atoms with Crippen LogP contribution in [0.15, 0.2) is 53.5 Å². The Kier molecular flexibility index (Phi) is 9.64. The lowest BCUT2D eigenvalue weighted by atomic mass is 9.95. The number of carbonyl (C=O) groups is 1. The smallest absolute Gasteiger partial charge is 0.459 e. The van der Waals surface area contributed by atoms with Gasteiger partial charge in [-0.3, -0.25) is 13.9 Å². The minimum absolute atomic E-state index is 0.138. The second kappa shape index (κ2) is 12.6. The van der Waals surface area contributed by atoms with Crippen LogP contribution in [0.4, 0.5) is 23.4 Å². The predicted molar refractivity (Wildman–Crippen MR) is 150 cm³/mol. The molecule has 1 aliphatic rings. The standard InChI is InChI=1S/C26H28ClF4N4O8P/c1-13(2)41-22(37)14(3)34-44(39,43-17-9-8-15-6-4-5-7-16(15)10-17)40-12-25(23(28)29)26(30,31)19(36)21(42-25)35-11-18(27)20(32)33-24(35)38/h4-11,13-14,19,21,23,36H,12H2,1-3H3,(H,34,39)(H2,32,33,38). The Bertz CT molecular complexity index is 1650. The number of benzene rings is 2. The van der Waals surface area contributed by atoms with Crippen molar-refractivity contribution in [2.75, 3.05) is 12.3 Å². The topological polar surface area (TPSA) is 164 Å². The molecule has 4 rings (SSSR count). The number of alkyl halides is 4. The molecule has 5 unspecified atom stereocenters. The number of aliphatic hydroxyl groups excluding tert-OH is 1. The van der Waals surface area contributed by atoms with E-state index in [1.165, 1.54) is 32.9 Å². The highest BCUT2D eigenvalue weighted by Crippen LogP contribution is 2.54. The first-order valence-electron chi connectivity index (χ1n) is 13.0. The molecule has 1 aromatic heterocycles. The third-order valence-corrected chi connectivity index (χ3v) is 8.47. The van der Waals surface area contributed by atoms with Gasteiger partial charge < -0.3 is 24.8 Å². The van der Waals surface area contributed by atoms with Gasteiger partial charge in [-0.25, -0.2) is 18.1 Å². The quantitative estimate of drug-likeness (QED) is 0.152. The van der Waals surface area contributed by atoms with Gasteiger partial charge in [-0.2, -0.15) is 18.9 Å². The minimum Gasteiger partial charge on any atom is -0.462 e. The molecule has 240 valence electrons. The van der Waals surface area contributed by atoms with Crippen LogP contribution in [0.5, 0.6) is 5.75 Å². The molecule has 3 aromatic rings. The average molecular weight is 667 g/mol. The maximum absolute atomic E-state index is 15.5. The first-order valence-corrected chi connectivity index (χ1v) is 14.9. The number of fused-ring (bicyclic) bond motifs is 1. The maximum Gasteiger partial charge on any atom is 0.459 e. The van der Waals surface area contributed by atoms with Crippen LogP contribution in [0.25, 0.3) is 10.8 Å². The predicted octanol–water partition coefficient (Wildman–Crippen LogP) is 4.29. The number of nitrogen functional groups attached to an aromatic ring is 1. The lowest BCUT2D eigenvalue weighted by Gasteiger charge is -2.34. The van der Waals surface area contributed by atoms with Gasteiger partial charge in [0, 0.05) is 6.20 Å². The van der Waals surface area contributed by atoms with Crippen LogP contribution in [-0.2, 0) is 23.4 Å². The lowest BCUT2D eigenvalue weighted by Crippen LogP contribution is -2.57. The molecule has 18 heteroatoms. The molecule has 0 bridgehead atoms. The highest BCUT2D eigenvalue weighted by molar-refractivity contribution is 7.52. The van der Waals surface area contributed by atoms with Gasteiger partial charge in [0.15, 0.2) is 12.3 Å². The summed E-state index contributed by atoms with van der Waals surface area (Å²) in [5.74, 6) is -6.39. The van der Waals surface area contributed by atoms with Gasteiger partial charge in [0.25, 0.3) is 6.43 Å². The first-order chi connectivity index (χ1) is 20.5. The molecule has 12 nitrogen and oxygen atoms in total. The molecular formula is C26H28ClF4N4O8P. The number of nitrogens with two attached hydrogens (primary N) is 1. The van der Waals surface area contributed by atoms with Crippen molar-refractivity contribution in [3.8, 4) is 5.75 Å². The fraction of sp³-hybridized carbons (Fsp3) is 0.423. The molecule has 0 aliphatic carbocycles. The number of aliphatic hydroxyl groups is 1. The average Bonchev–Trinajstić information content (AvgIpc) is 3.14. The zero-order valence-electron chi connectivity index (χ0n) is 23.3. The first kappa shape index (κ1) is 33.6. The van der Waals surface area contributed by atoms with Crippen molar-refractivity contribution in [3.63, 3.8) is 0 Å². The van der Waals surface area contributed by atoms with E-state index < -0.39 is 79.3 Å². The molecule has 4 N–H and O–H groups in total. The van der Waals surface area contributed by atoms with E-state index >= 15 is 8.78 Å². The molecule has 1 fully saturated rings. The monoisotopic (exact) mass is 666 g/mol. The van der Waals surface area contributed by atoms with E-state index in [1.54, 1.807) is 30.3 Å². The number of ether oxygens (including phenoxy) is 2. The maximum atomic E-state index is 15.5. The molecule has 1 aliphatic heterocycles. The van der Waals surface area contributed by atoms with Gasteiger partial charge in [0.1, 0.15) is 17.6 Å². The Hall–Kier alpha value is -3.27. The molecule has 44 heavy (non-hydrogen) atoms. The van der Waals surface area contributed by atoms with Crippen molar-refractivity contribution in [2.45, 2.75) is 63.2 Å². The number of nitrogens with one attached hydrogen (secondary N) is 1. The normalized spacial score (nSPS) is 23.5. The number of aromatic nitrogens is 2. The number of carbonyl (C=O) groups excluding carboxylic acids is 1. The van der Waals surface area contributed by atoms with Crippen molar-refractivity contribution in [3.05, 3.63) is 64.2 Å². The Labute approximate surface area is 252 Å². The van der Waals surface area contributed by atoms with E-state index in [2.05, 4.69) is 10.1 Å². The number of hydrogen-bond donors (Lipinski definition) is 3. The highest BCUT2D eigenvalue weighted by atomic mass is 35.5. The van der Waals surface area contributed by atoms with Crippen LogP contribution in [0, 0.1) is 0 Å². The van der Waals surface area contributed by atoms with Crippen molar-refractivity contribution in [1.29, 1.82) is 0 Å². The fourth-order valence-corrected chi connectivity index (χ4v) is 5.94. The largest absolute Gasteiger partial charge is 0.462 e. The summed E-state index contributed by atoms with van der Waals surface area (Å²) < 4.78 is 94.9. The van der Waals surface area contributed by atoms with Gasteiger partial charge in [0.05, 0.1) is 17.7 Å². The van der Waals surface area contributed by atoms with Gasteiger partial charge in [-0.05, 0) is 43.7 Å². The van der Waals surface area contributed by atoms with Crippen LogP contribution < -0.4 is 21.0 Å². The van der Waals surface area contributed by atoms with Crippen LogP contribution in [0.1, 0.15) is 27.0 Å². The SMILES string of the molecule is CC(C)OC(=O)C(C)NP(=O)(OCC1(C(F)F)OC(n2cc(Cl)c(N)nc2=O)C(O)C1(F)F)Oc1ccc2ccccc2c1. The third-order valence-electron chi connectivity index (χ3n) is 6.55. The number of hydrogen-bond acceptors (Lipinski definition) is 10. The molecule has 0 radical (unpaired) electrons. The van der Waals surface area contributed by atoms with Crippen LogP contribution in [-0.4, -0.2) is 63.4 Å². The number of rotatable bonds is 11. The van der Waals surface area contributed by atoms with Gasteiger partial charge in [-0.1, -0.05) is 41.9 Å². The number of esters is 1. The number of halogens is 5. The summed E-state index contributed by atoms with van der Waals surface area (Å²) in [6, 6.07) is 9.80. The van der Waals surface area contributed by atoms with E-state index in [-0.39, 0.29) is 10.3 Å². The highest BCUT2D eigenvalue weighted by Gasteiger charge is 2.74. The molecule has 2 heterocycles. The van der Waals surface area contributed by atoms with Gasteiger partial charge in [0.2, 0.25) is 5.60 Å². The molecule has 0 spiro atoms. The molecule has 0 amide bonds. The summed E-state index contributed by atoms with van der Waals surface area (Å²) in [6.07, 6.45) is -9.53. The molecule has 0 saturated carbocycles. The van der Waals surface area contributed by atoms with E-state index in [4.69, 9.17) is 35.9 Å². The Morgan fingerprint density at radius 3 is 2.52 bits per heavy atom. The summed E-state index contributed by atoms with van der Waals surface area (Å²) >= 11 is 5.81. The summed E-state index contributed by atoms with van der Waals surface area (Å²) in [6.45, 7) is 2.40. The minimum atomic E-state index is -5.00. The van der Waals surface area contributed by atoms with Crippen LogP contribution in [0.3, 0.4) is 0 Å². The Balaban J connectivity index is 1.70. The van der Waals surface area contributed by atoms with Crippen molar-refractivity contribution < 1.29 is 50.5 Å². The molecular weight excluding hydrogens is 639 g/mol. The van der Waals surface area contributed by atoms with Gasteiger partial charge >= 0.3 is 25.3 Å². The lowest BCUT2D eigenvalue weighted by molar-refractivity contribution is -0.242. The van der Waals surface area contributed by atoms with E-state index in [9.17, 15) is 28.0 Å². The fourth-order valence-electron chi connectivity index (χ4n) is 4.28. The van der Waals surface area contributed by atoms with Crippen LogP contribution in [0.2, 0.25) is 5.02 Å². The summed E-state index contributed by atoms with van der Waals surface area (Å²) in [7, 11) is -5.00. The summed E-state index contributed by atoms with van der Waals surface area (Å²) in [5, 5.41) is 13.5. The van der Waals surface area contributed by atoms with E-state index in [1.807, 2.05) is 0 Å². The van der Waals surface area contributed by atoms with E-state index in [0.717, 1.165) is 5.39 Å². The number of nitrogens with zero attached hydrogens (tertiary/aromatic N) is 2. The van der Waals surface area contributed by atoms with Crippen molar-refractivity contribution in [2.24, 2.45) is 0 Å². The third kappa shape index (κ3) is 6.55. The Morgan fingerprint density at radius 2 is 1.89 bits per heavy atom. The second-order valence-electron chi connectivity index (χ2n) is 10.1. The summed E-state index contributed by atoms with van der Waals surface area (Å²) in [5.41, 5.74) is 0.0868. The number of anilines is 1. The molecule has 1 saturated heterocycles. The van der Waals surface area contributed by atoms with E-state index in [0.29, 0.717) is 11.6 Å². The Morgan fingerprint density at radius 1 is 1.23 bits per heavy atom. The summed E-state index contributed by atoms with van der Waals surface area (Å²) in [4.78, 5) is 28.1. The van der Waals surface area contributed by atoms with Gasteiger partial charge in [-0.15, -0.1) is 0 Å². The second-order valence-corrected chi connectivity index (χ2v) is 12.2. The molecule has 2 aromatic carbocycles. The zero-order valence-corrected chi connectivity index (χ0v) is 25.0.